The molecule has 0 saturated heterocycles. The fraction of sp³-hybridized carbons (Fsp3) is 0.269. The molecule has 5 nitrogen and oxygen atoms in total. The number of fused-ring (bicyclic) bond motifs is 3. The van der Waals surface area contributed by atoms with Gasteiger partial charge in [0.05, 0.1) is 30.0 Å². The summed E-state index contributed by atoms with van der Waals surface area (Å²) in [6.07, 6.45) is 5.87. The number of methoxy groups -OCH3 is 1. The number of ketones is 1. The average molecular weight is 412 g/mol. The van der Waals surface area contributed by atoms with Crippen LogP contribution >= 0.6 is 0 Å². The van der Waals surface area contributed by atoms with Crippen molar-refractivity contribution in [3.8, 4) is 0 Å². The summed E-state index contributed by atoms with van der Waals surface area (Å²) >= 11 is 0. The fourth-order valence-corrected chi connectivity index (χ4v) is 5.08. The number of nitrogens with zero attached hydrogens (tertiary/aromatic N) is 2. The van der Waals surface area contributed by atoms with Crippen LogP contribution in [-0.4, -0.2) is 31.6 Å². The first kappa shape index (κ1) is 19.5. The van der Waals surface area contributed by atoms with E-state index in [1.54, 1.807) is 14.2 Å². The van der Waals surface area contributed by atoms with Gasteiger partial charge in [0.2, 0.25) is 5.96 Å². The highest BCUT2D eigenvalue weighted by molar-refractivity contribution is 6.26. The summed E-state index contributed by atoms with van der Waals surface area (Å²) in [4.78, 5) is 22.8. The van der Waals surface area contributed by atoms with Crippen molar-refractivity contribution in [3.63, 3.8) is 0 Å². The maximum Gasteiger partial charge on any atom is 0.218 e. The van der Waals surface area contributed by atoms with Gasteiger partial charge in [-0.25, -0.2) is 4.99 Å². The molecule has 1 N–H and O–H groups in total. The lowest BCUT2D eigenvalue weighted by atomic mass is 9.76. The number of hydrogen-bond acceptors (Lipinski definition) is 3. The number of allylic oxidation sites excluding steroid dienone is 4. The summed E-state index contributed by atoms with van der Waals surface area (Å²) in [5.74, 6) is 1.22. The van der Waals surface area contributed by atoms with Gasteiger partial charge < -0.3 is 10.1 Å². The molecule has 0 spiro atoms. The second-order valence-electron chi connectivity index (χ2n) is 8.29. The van der Waals surface area contributed by atoms with Crippen LogP contribution in [0.3, 0.4) is 0 Å². The number of carbonyl (C=O) groups excluding carboxylic acids is 1. The number of benzene rings is 2. The van der Waals surface area contributed by atoms with Crippen LogP contribution in [-0.2, 0) is 10.3 Å². The first-order valence-corrected chi connectivity index (χ1v) is 10.6. The molecule has 0 radical (unpaired) electrons. The maximum absolute atomic E-state index is 13.7. The molecule has 2 unspecified atom stereocenters. The van der Waals surface area contributed by atoms with E-state index < -0.39 is 11.5 Å². The predicted molar refractivity (Wildman–Crippen MR) is 123 cm³/mol. The standard InChI is InChI=1S/C26H25N3O2/c1-26-21-19(16-12-14-18(31-3)15-13-16)10-7-11-20(21)24(30)22(26)23(28-25(27-2)29-26)17-8-5-4-6-9-17/h4-12,14,22H,13,15H2,1-3H3,(H,27,29). The molecule has 31 heavy (non-hydrogen) atoms. The Morgan fingerprint density at radius 2 is 1.84 bits per heavy atom. The molecular weight excluding hydrogens is 386 g/mol. The van der Waals surface area contributed by atoms with Crippen LogP contribution in [0.15, 0.2) is 76.4 Å². The van der Waals surface area contributed by atoms with Gasteiger partial charge in [0.25, 0.3) is 0 Å². The van der Waals surface area contributed by atoms with Crippen LogP contribution in [0.1, 0.15) is 46.8 Å². The molecule has 0 amide bonds. The monoisotopic (exact) mass is 411 g/mol. The Bertz CT molecular complexity index is 1190. The van der Waals surface area contributed by atoms with Gasteiger partial charge in [-0.1, -0.05) is 54.6 Å². The molecule has 1 aliphatic heterocycles. The maximum atomic E-state index is 13.7. The molecule has 2 aliphatic carbocycles. The van der Waals surface area contributed by atoms with Crippen molar-refractivity contribution in [1.82, 2.24) is 5.32 Å². The lowest BCUT2D eigenvalue weighted by Gasteiger charge is -2.38. The number of aliphatic imine (C=N–C) groups is 2. The lowest BCUT2D eigenvalue weighted by molar-refractivity contribution is 0.0933. The zero-order valence-corrected chi connectivity index (χ0v) is 18.0. The number of guanidine groups is 1. The highest BCUT2D eigenvalue weighted by atomic mass is 16.5. The Morgan fingerprint density at radius 3 is 2.52 bits per heavy atom. The molecule has 156 valence electrons. The summed E-state index contributed by atoms with van der Waals surface area (Å²) in [5, 5.41) is 3.50. The van der Waals surface area contributed by atoms with Gasteiger partial charge in [-0.2, -0.15) is 0 Å². The van der Waals surface area contributed by atoms with Gasteiger partial charge in [0, 0.05) is 19.0 Å². The van der Waals surface area contributed by atoms with Crippen LogP contribution < -0.4 is 5.32 Å². The summed E-state index contributed by atoms with van der Waals surface area (Å²) in [6, 6.07) is 16.0. The van der Waals surface area contributed by atoms with Gasteiger partial charge in [0.15, 0.2) is 5.78 Å². The van der Waals surface area contributed by atoms with Crippen molar-refractivity contribution in [2.45, 2.75) is 25.3 Å². The SMILES string of the molecule is CN=C1N=C(c2ccccc2)C2C(=O)c3cccc(C4=CC=C(OC)CC4)c3C2(C)N1. The van der Waals surface area contributed by atoms with Gasteiger partial charge in [0.1, 0.15) is 0 Å². The van der Waals surface area contributed by atoms with E-state index in [1.165, 1.54) is 5.57 Å². The van der Waals surface area contributed by atoms with Crippen LogP contribution in [0.25, 0.3) is 5.57 Å². The van der Waals surface area contributed by atoms with Gasteiger partial charge >= 0.3 is 0 Å². The summed E-state index contributed by atoms with van der Waals surface area (Å²) < 4.78 is 5.40. The fourth-order valence-electron chi connectivity index (χ4n) is 5.08. The second-order valence-corrected chi connectivity index (χ2v) is 8.29. The molecule has 3 aliphatic rings. The van der Waals surface area contributed by atoms with Gasteiger partial charge in [-0.05, 0) is 41.7 Å². The Hall–Kier alpha value is -3.47. The number of ether oxygens (including phenoxy) is 1. The van der Waals surface area contributed by atoms with Crippen LogP contribution in [0, 0.1) is 5.92 Å². The molecule has 2 atom stereocenters. The Morgan fingerprint density at radius 1 is 1.06 bits per heavy atom. The first-order chi connectivity index (χ1) is 15.1. The first-order valence-electron chi connectivity index (χ1n) is 10.6. The van der Waals surface area contributed by atoms with E-state index in [2.05, 4.69) is 29.4 Å². The number of nitrogens with one attached hydrogen (secondary N) is 1. The van der Waals surface area contributed by atoms with E-state index >= 15 is 0 Å². The second kappa shape index (κ2) is 7.34. The van der Waals surface area contributed by atoms with Crippen LogP contribution in [0.2, 0.25) is 0 Å². The number of carbonyl (C=O) groups is 1. The number of hydrogen-bond donors (Lipinski definition) is 1. The number of rotatable bonds is 3. The van der Waals surface area contributed by atoms with Crippen LogP contribution in [0.5, 0.6) is 0 Å². The molecule has 5 rings (SSSR count). The van der Waals surface area contributed by atoms with E-state index in [0.717, 1.165) is 46.6 Å². The zero-order valence-electron chi connectivity index (χ0n) is 18.0. The lowest BCUT2D eigenvalue weighted by Crippen LogP contribution is -2.54. The number of Topliss-reactive ketones (excluding diaryl/α,β-unsaturated/α-hetero) is 1. The zero-order chi connectivity index (χ0) is 21.6. The smallest absolute Gasteiger partial charge is 0.218 e. The average Bonchev–Trinajstić information content (AvgIpc) is 3.06. The minimum atomic E-state index is -0.628. The van der Waals surface area contributed by atoms with E-state index in [-0.39, 0.29) is 5.78 Å². The summed E-state index contributed by atoms with van der Waals surface area (Å²) in [5.41, 5.74) is 5.22. The molecule has 2 aromatic rings. The van der Waals surface area contributed by atoms with E-state index in [4.69, 9.17) is 9.73 Å². The molecule has 0 bridgehead atoms. The van der Waals surface area contributed by atoms with E-state index in [9.17, 15) is 4.79 Å². The van der Waals surface area contributed by atoms with E-state index in [0.29, 0.717) is 5.96 Å². The highest BCUT2D eigenvalue weighted by Crippen LogP contribution is 2.48. The molecule has 0 saturated carbocycles. The minimum absolute atomic E-state index is 0.106. The molecule has 0 aromatic heterocycles. The predicted octanol–water partition coefficient (Wildman–Crippen LogP) is 4.50. The molecule has 1 heterocycles. The van der Waals surface area contributed by atoms with Crippen molar-refractivity contribution in [1.29, 1.82) is 0 Å². The molecule has 5 heteroatoms. The molecule has 0 fully saturated rings. The Balaban J connectivity index is 1.70. The summed E-state index contributed by atoms with van der Waals surface area (Å²) in [6.45, 7) is 2.10. The topological polar surface area (TPSA) is 63.0 Å². The normalized spacial score (nSPS) is 25.8. The Kier molecular flexibility index (Phi) is 4.62. The van der Waals surface area contributed by atoms with Crippen molar-refractivity contribution >= 4 is 23.0 Å². The van der Waals surface area contributed by atoms with Crippen molar-refractivity contribution in [2.75, 3.05) is 14.2 Å². The third-order valence-corrected chi connectivity index (χ3v) is 6.56. The minimum Gasteiger partial charge on any atom is -0.501 e. The highest BCUT2D eigenvalue weighted by Gasteiger charge is 2.55. The van der Waals surface area contributed by atoms with Crippen molar-refractivity contribution in [2.24, 2.45) is 15.9 Å². The summed E-state index contributed by atoms with van der Waals surface area (Å²) in [7, 11) is 3.43. The molecule has 2 aromatic carbocycles. The molecular formula is C26H25N3O2. The quantitative estimate of drug-likeness (QED) is 0.809. The van der Waals surface area contributed by atoms with Gasteiger partial charge in [-0.15, -0.1) is 0 Å². The van der Waals surface area contributed by atoms with Crippen LogP contribution in [0.4, 0.5) is 0 Å². The largest absolute Gasteiger partial charge is 0.501 e. The third-order valence-electron chi connectivity index (χ3n) is 6.56. The Labute approximate surface area is 182 Å². The van der Waals surface area contributed by atoms with Gasteiger partial charge in [-0.3, -0.25) is 9.79 Å². The van der Waals surface area contributed by atoms with Crippen molar-refractivity contribution in [3.05, 3.63) is 88.7 Å². The van der Waals surface area contributed by atoms with Crippen molar-refractivity contribution < 1.29 is 9.53 Å². The third kappa shape index (κ3) is 2.95. The van der Waals surface area contributed by atoms with E-state index in [1.807, 2.05) is 48.5 Å².